The maximum atomic E-state index is 12.5. The average molecular weight is 276 g/mol. The number of hydrogen-bond acceptors (Lipinski definition) is 3. The number of amides is 2. The minimum absolute atomic E-state index is 0.0789. The summed E-state index contributed by atoms with van der Waals surface area (Å²) in [5.74, 6) is -0.667. The highest BCUT2D eigenvalue weighted by molar-refractivity contribution is 6.21. The van der Waals surface area contributed by atoms with Crippen molar-refractivity contribution in [1.82, 2.24) is 4.90 Å². The van der Waals surface area contributed by atoms with Crippen LogP contribution in [0.3, 0.4) is 0 Å². The molecule has 0 bridgehead atoms. The van der Waals surface area contributed by atoms with E-state index in [0.717, 1.165) is 5.56 Å². The molecule has 4 heteroatoms. The van der Waals surface area contributed by atoms with E-state index >= 15 is 0 Å². The zero-order valence-corrected chi connectivity index (χ0v) is 11.2. The molecule has 21 heavy (non-hydrogen) atoms. The summed E-state index contributed by atoms with van der Waals surface area (Å²) < 4.78 is 0. The van der Waals surface area contributed by atoms with E-state index < -0.39 is 6.04 Å². The highest BCUT2D eigenvalue weighted by Gasteiger charge is 2.40. The summed E-state index contributed by atoms with van der Waals surface area (Å²) in [5, 5.41) is 9.05. The van der Waals surface area contributed by atoms with Crippen LogP contribution in [0.5, 0.6) is 0 Å². The monoisotopic (exact) mass is 276 g/mol. The van der Waals surface area contributed by atoms with Gasteiger partial charge in [0.05, 0.1) is 29.7 Å². The van der Waals surface area contributed by atoms with Gasteiger partial charge in [-0.3, -0.25) is 14.5 Å². The van der Waals surface area contributed by atoms with E-state index in [1.165, 1.54) is 4.90 Å². The molecule has 102 valence electrons. The molecule has 3 rings (SSSR count). The lowest BCUT2D eigenvalue weighted by Crippen LogP contribution is -2.34. The smallest absolute Gasteiger partial charge is 0.262 e. The van der Waals surface area contributed by atoms with E-state index in [1.54, 1.807) is 24.3 Å². The van der Waals surface area contributed by atoms with Crippen molar-refractivity contribution in [3.8, 4) is 6.07 Å². The zero-order valence-electron chi connectivity index (χ0n) is 11.2. The first-order chi connectivity index (χ1) is 10.2. The van der Waals surface area contributed by atoms with Crippen molar-refractivity contribution in [3.05, 3.63) is 71.3 Å². The predicted octanol–water partition coefficient (Wildman–Crippen LogP) is 2.94. The largest absolute Gasteiger partial charge is 0.269 e. The van der Waals surface area contributed by atoms with Gasteiger partial charge in [-0.15, -0.1) is 0 Å². The summed E-state index contributed by atoms with van der Waals surface area (Å²) in [6.45, 7) is 0. The van der Waals surface area contributed by atoms with Gasteiger partial charge in [-0.25, -0.2) is 0 Å². The van der Waals surface area contributed by atoms with E-state index in [9.17, 15) is 9.59 Å². The number of rotatable bonds is 3. The number of nitrogens with zero attached hydrogens (tertiary/aromatic N) is 2. The summed E-state index contributed by atoms with van der Waals surface area (Å²) in [4.78, 5) is 26.2. The molecule has 0 spiro atoms. The lowest BCUT2D eigenvalue weighted by molar-refractivity contribution is 0.0584. The first-order valence-corrected chi connectivity index (χ1v) is 6.63. The molecule has 0 saturated heterocycles. The van der Waals surface area contributed by atoms with E-state index in [2.05, 4.69) is 6.07 Å². The topological polar surface area (TPSA) is 61.2 Å². The van der Waals surface area contributed by atoms with E-state index in [1.807, 2.05) is 30.3 Å². The van der Waals surface area contributed by atoms with Gasteiger partial charge in [0.1, 0.15) is 0 Å². The molecule has 1 unspecified atom stereocenters. The van der Waals surface area contributed by atoms with Crippen molar-refractivity contribution in [2.45, 2.75) is 12.5 Å². The van der Waals surface area contributed by atoms with Crippen molar-refractivity contribution in [3.63, 3.8) is 0 Å². The Labute approximate surface area is 122 Å². The third-order valence-electron chi connectivity index (χ3n) is 3.61. The van der Waals surface area contributed by atoms with Gasteiger partial charge in [0.25, 0.3) is 11.8 Å². The number of nitriles is 1. The van der Waals surface area contributed by atoms with Gasteiger partial charge in [0, 0.05) is 0 Å². The predicted molar refractivity (Wildman–Crippen MR) is 76.4 cm³/mol. The summed E-state index contributed by atoms with van der Waals surface area (Å²) >= 11 is 0. The van der Waals surface area contributed by atoms with Crippen LogP contribution in [0.25, 0.3) is 0 Å². The molecule has 0 N–H and O–H groups in total. The molecule has 0 aromatic heterocycles. The Hall–Kier alpha value is -2.93. The fourth-order valence-corrected chi connectivity index (χ4v) is 2.61. The number of imide groups is 1. The molecule has 1 aliphatic heterocycles. The van der Waals surface area contributed by atoms with Gasteiger partial charge in [-0.2, -0.15) is 5.26 Å². The van der Waals surface area contributed by atoms with Gasteiger partial charge in [0.2, 0.25) is 0 Å². The second-order valence-corrected chi connectivity index (χ2v) is 4.81. The molecule has 1 atom stereocenters. The maximum Gasteiger partial charge on any atom is 0.262 e. The second kappa shape index (κ2) is 5.22. The second-order valence-electron chi connectivity index (χ2n) is 4.81. The van der Waals surface area contributed by atoms with Gasteiger partial charge >= 0.3 is 0 Å². The molecule has 0 aliphatic carbocycles. The molecule has 2 aromatic carbocycles. The summed E-state index contributed by atoms with van der Waals surface area (Å²) in [6, 6.07) is 17.4. The Balaban J connectivity index is 2.05. The van der Waals surface area contributed by atoms with Crippen LogP contribution in [-0.4, -0.2) is 16.7 Å². The van der Waals surface area contributed by atoms with Crippen molar-refractivity contribution < 1.29 is 9.59 Å². The minimum atomic E-state index is -0.552. The molecular formula is C17H12N2O2. The van der Waals surface area contributed by atoms with Crippen LogP contribution >= 0.6 is 0 Å². The van der Waals surface area contributed by atoms with Gasteiger partial charge in [-0.1, -0.05) is 42.5 Å². The molecule has 2 aromatic rings. The Morgan fingerprint density at radius 1 is 0.905 bits per heavy atom. The van der Waals surface area contributed by atoms with Crippen LogP contribution in [0, 0.1) is 11.3 Å². The van der Waals surface area contributed by atoms with E-state index in [0.29, 0.717) is 11.1 Å². The molecule has 1 heterocycles. The van der Waals surface area contributed by atoms with Crippen molar-refractivity contribution in [1.29, 1.82) is 5.26 Å². The van der Waals surface area contributed by atoms with Gasteiger partial charge in [0.15, 0.2) is 0 Å². The average Bonchev–Trinajstić information content (AvgIpc) is 2.78. The number of hydrogen-bond donors (Lipinski definition) is 0. The van der Waals surface area contributed by atoms with Crippen LogP contribution in [0.15, 0.2) is 54.6 Å². The molecule has 2 amide bonds. The molecule has 1 aliphatic rings. The fourth-order valence-electron chi connectivity index (χ4n) is 2.61. The zero-order chi connectivity index (χ0) is 14.8. The van der Waals surface area contributed by atoms with Crippen LogP contribution < -0.4 is 0 Å². The van der Waals surface area contributed by atoms with Crippen molar-refractivity contribution >= 4 is 11.8 Å². The SMILES string of the molecule is N#CCC(c1ccccc1)N1C(=O)c2ccccc2C1=O. The lowest BCUT2D eigenvalue weighted by Gasteiger charge is -2.24. The fraction of sp³-hybridized carbons (Fsp3) is 0.118. The molecule has 0 radical (unpaired) electrons. The Morgan fingerprint density at radius 2 is 1.43 bits per heavy atom. The highest BCUT2D eigenvalue weighted by Crippen LogP contribution is 2.32. The summed E-state index contributed by atoms with van der Waals surface area (Å²) in [6.07, 6.45) is 0.0789. The first-order valence-electron chi connectivity index (χ1n) is 6.63. The Kier molecular flexibility index (Phi) is 3.25. The summed E-state index contributed by atoms with van der Waals surface area (Å²) in [7, 11) is 0. The number of carbonyl (C=O) groups excluding carboxylic acids is 2. The quantitative estimate of drug-likeness (QED) is 0.810. The third kappa shape index (κ3) is 2.09. The van der Waals surface area contributed by atoms with Crippen LogP contribution in [0.2, 0.25) is 0 Å². The Bertz CT molecular complexity index is 712. The standard InChI is InChI=1S/C17H12N2O2/c18-11-10-15(12-6-2-1-3-7-12)19-16(20)13-8-4-5-9-14(13)17(19)21/h1-9,15H,10H2. The van der Waals surface area contributed by atoms with E-state index in [-0.39, 0.29) is 18.2 Å². The van der Waals surface area contributed by atoms with Crippen LogP contribution in [0.4, 0.5) is 0 Å². The normalized spacial score (nSPS) is 14.7. The minimum Gasteiger partial charge on any atom is -0.269 e. The van der Waals surface area contributed by atoms with Crippen molar-refractivity contribution in [2.24, 2.45) is 0 Å². The molecule has 4 nitrogen and oxygen atoms in total. The van der Waals surface area contributed by atoms with E-state index in [4.69, 9.17) is 5.26 Å². The van der Waals surface area contributed by atoms with Gasteiger partial charge < -0.3 is 0 Å². The molecule has 0 saturated carbocycles. The Morgan fingerprint density at radius 3 is 1.95 bits per heavy atom. The van der Waals surface area contributed by atoms with Gasteiger partial charge in [-0.05, 0) is 17.7 Å². The number of benzene rings is 2. The first kappa shape index (κ1) is 13.1. The van der Waals surface area contributed by atoms with Crippen LogP contribution in [0.1, 0.15) is 38.7 Å². The maximum absolute atomic E-state index is 12.5. The number of carbonyl (C=O) groups is 2. The highest BCUT2D eigenvalue weighted by atomic mass is 16.2. The summed E-state index contributed by atoms with van der Waals surface area (Å²) in [5.41, 5.74) is 1.59. The van der Waals surface area contributed by atoms with Crippen molar-refractivity contribution in [2.75, 3.05) is 0 Å². The molecular weight excluding hydrogens is 264 g/mol. The molecule has 0 fully saturated rings. The lowest BCUT2D eigenvalue weighted by atomic mass is 10.0. The third-order valence-corrected chi connectivity index (χ3v) is 3.61. The van der Waals surface area contributed by atoms with Crippen LogP contribution in [-0.2, 0) is 0 Å². The number of fused-ring (bicyclic) bond motifs is 1.